The highest BCUT2D eigenvalue weighted by Gasteiger charge is 2.04. The van der Waals surface area contributed by atoms with Gasteiger partial charge in [-0.2, -0.15) is 5.10 Å². The molecule has 4 heteroatoms. The summed E-state index contributed by atoms with van der Waals surface area (Å²) in [4.78, 5) is 0. The molecular weight excluding hydrogens is 226 g/mol. The van der Waals surface area contributed by atoms with Crippen molar-refractivity contribution in [3.8, 4) is 5.75 Å². The fourth-order valence-electron chi connectivity index (χ4n) is 1.91. The summed E-state index contributed by atoms with van der Waals surface area (Å²) in [5.74, 6) is 0.315. The Labute approximate surface area is 107 Å². The molecular formula is C14H19N3O. The van der Waals surface area contributed by atoms with Crippen molar-refractivity contribution in [2.24, 2.45) is 7.05 Å². The predicted octanol–water partition coefficient (Wildman–Crippen LogP) is 1.85. The van der Waals surface area contributed by atoms with E-state index in [9.17, 15) is 5.11 Å². The molecule has 4 nitrogen and oxygen atoms in total. The first-order valence-corrected chi connectivity index (χ1v) is 6.12. The van der Waals surface area contributed by atoms with Gasteiger partial charge in [-0.15, -0.1) is 0 Å². The highest BCUT2D eigenvalue weighted by molar-refractivity contribution is 5.26. The number of nitrogens with one attached hydrogen (secondary N) is 1. The van der Waals surface area contributed by atoms with E-state index in [-0.39, 0.29) is 0 Å². The summed E-state index contributed by atoms with van der Waals surface area (Å²) < 4.78 is 1.81. The number of phenols is 1. The lowest BCUT2D eigenvalue weighted by Gasteiger charge is -2.13. The summed E-state index contributed by atoms with van der Waals surface area (Å²) in [7, 11) is 1.92. The summed E-state index contributed by atoms with van der Waals surface area (Å²) >= 11 is 0. The largest absolute Gasteiger partial charge is 0.508 e. The minimum absolute atomic E-state index is 0.315. The predicted molar refractivity (Wildman–Crippen MR) is 71.3 cm³/mol. The van der Waals surface area contributed by atoms with Crippen LogP contribution in [0.15, 0.2) is 36.7 Å². The molecule has 1 aromatic heterocycles. The Bertz CT molecular complexity index is 490. The maximum atomic E-state index is 9.22. The third-order valence-corrected chi connectivity index (χ3v) is 2.89. The molecule has 0 amide bonds. The first kappa shape index (κ1) is 12.6. The number of hydrogen-bond donors (Lipinski definition) is 2. The van der Waals surface area contributed by atoms with Gasteiger partial charge in [0.1, 0.15) is 5.75 Å². The van der Waals surface area contributed by atoms with Gasteiger partial charge < -0.3 is 10.4 Å². The van der Waals surface area contributed by atoms with Gasteiger partial charge in [0, 0.05) is 31.4 Å². The topological polar surface area (TPSA) is 50.1 Å². The number of hydrogen-bond acceptors (Lipinski definition) is 3. The van der Waals surface area contributed by atoms with Crippen LogP contribution in [0.2, 0.25) is 0 Å². The molecule has 0 aliphatic rings. The van der Waals surface area contributed by atoms with E-state index in [0.29, 0.717) is 11.8 Å². The molecule has 0 aliphatic carbocycles. The second-order valence-electron chi connectivity index (χ2n) is 4.67. The number of rotatable bonds is 5. The van der Waals surface area contributed by atoms with E-state index in [0.717, 1.165) is 13.0 Å². The molecule has 0 saturated carbocycles. The molecule has 2 rings (SSSR count). The van der Waals surface area contributed by atoms with Crippen LogP contribution in [-0.4, -0.2) is 20.9 Å². The fourth-order valence-corrected chi connectivity index (χ4v) is 1.91. The van der Waals surface area contributed by atoms with Crippen molar-refractivity contribution >= 4 is 0 Å². The van der Waals surface area contributed by atoms with E-state index in [1.54, 1.807) is 12.1 Å². The fraction of sp³-hybridized carbons (Fsp3) is 0.357. The summed E-state index contributed by atoms with van der Waals surface area (Å²) in [5.41, 5.74) is 2.41. The molecule has 1 atom stereocenters. The third-order valence-electron chi connectivity index (χ3n) is 2.89. The maximum absolute atomic E-state index is 9.22. The average molecular weight is 245 g/mol. The number of phenolic OH excluding ortho intramolecular Hbond substituents is 1. The molecule has 0 unspecified atom stereocenters. The Morgan fingerprint density at radius 3 is 2.61 bits per heavy atom. The molecule has 18 heavy (non-hydrogen) atoms. The standard InChI is InChI=1S/C14H19N3O/c1-11(7-12-3-5-14(18)6-4-12)15-8-13-9-16-17(2)10-13/h3-6,9-11,15,18H,7-8H2,1-2H3/t11-/m0/s1. The monoisotopic (exact) mass is 245 g/mol. The maximum Gasteiger partial charge on any atom is 0.115 e. The van der Waals surface area contributed by atoms with Crippen LogP contribution in [0.3, 0.4) is 0 Å². The van der Waals surface area contributed by atoms with Crippen molar-refractivity contribution in [1.29, 1.82) is 0 Å². The zero-order valence-electron chi connectivity index (χ0n) is 10.8. The van der Waals surface area contributed by atoms with E-state index >= 15 is 0 Å². The second kappa shape index (κ2) is 5.69. The Morgan fingerprint density at radius 1 is 1.28 bits per heavy atom. The first-order valence-electron chi connectivity index (χ1n) is 6.12. The van der Waals surface area contributed by atoms with Crippen LogP contribution in [0.4, 0.5) is 0 Å². The van der Waals surface area contributed by atoms with Crippen molar-refractivity contribution in [2.45, 2.75) is 25.9 Å². The lowest BCUT2D eigenvalue weighted by Crippen LogP contribution is -2.27. The minimum atomic E-state index is 0.315. The summed E-state index contributed by atoms with van der Waals surface area (Å²) in [5, 5.41) is 16.8. The van der Waals surface area contributed by atoms with Crippen molar-refractivity contribution < 1.29 is 5.11 Å². The number of nitrogens with zero attached hydrogens (tertiary/aromatic N) is 2. The van der Waals surface area contributed by atoms with Gasteiger partial charge in [0.15, 0.2) is 0 Å². The molecule has 0 aliphatic heterocycles. The first-order chi connectivity index (χ1) is 8.63. The Kier molecular flexibility index (Phi) is 3.99. The lowest BCUT2D eigenvalue weighted by molar-refractivity contribution is 0.474. The number of aromatic hydroxyl groups is 1. The van der Waals surface area contributed by atoms with Crippen molar-refractivity contribution in [3.63, 3.8) is 0 Å². The van der Waals surface area contributed by atoms with Crippen LogP contribution in [0, 0.1) is 0 Å². The Morgan fingerprint density at radius 2 is 2.00 bits per heavy atom. The van der Waals surface area contributed by atoms with E-state index in [1.165, 1.54) is 11.1 Å². The molecule has 0 fully saturated rings. The molecule has 0 bridgehead atoms. The Balaban J connectivity index is 1.81. The molecule has 1 aromatic carbocycles. The summed E-state index contributed by atoms with van der Waals surface area (Å²) in [6, 6.07) is 7.75. The molecule has 0 radical (unpaired) electrons. The number of aryl methyl sites for hydroxylation is 1. The van der Waals surface area contributed by atoms with Crippen LogP contribution in [-0.2, 0) is 20.0 Å². The number of aromatic nitrogens is 2. The van der Waals surface area contributed by atoms with Crippen molar-refractivity contribution in [1.82, 2.24) is 15.1 Å². The molecule has 96 valence electrons. The van der Waals surface area contributed by atoms with Gasteiger partial charge >= 0.3 is 0 Å². The normalized spacial score (nSPS) is 12.6. The van der Waals surface area contributed by atoms with Crippen LogP contribution >= 0.6 is 0 Å². The Hall–Kier alpha value is -1.81. The van der Waals surface area contributed by atoms with Crippen LogP contribution in [0.25, 0.3) is 0 Å². The lowest BCUT2D eigenvalue weighted by atomic mass is 10.1. The summed E-state index contributed by atoms with van der Waals surface area (Å²) in [6.45, 7) is 2.98. The van der Waals surface area contributed by atoms with Crippen LogP contribution in [0.5, 0.6) is 5.75 Å². The van der Waals surface area contributed by atoms with Gasteiger partial charge in [0.05, 0.1) is 6.20 Å². The average Bonchev–Trinajstić information content (AvgIpc) is 2.76. The van der Waals surface area contributed by atoms with E-state index in [2.05, 4.69) is 17.3 Å². The zero-order valence-corrected chi connectivity index (χ0v) is 10.8. The van der Waals surface area contributed by atoms with Crippen molar-refractivity contribution in [2.75, 3.05) is 0 Å². The third kappa shape index (κ3) is 3.60. The molecule has 2 N–H and O–H groups in total. The van der Waals surface area contributed by atoms with Gasteiger partial charge in [-0.25, -0.2) is 0 Å². The molecule has 1 heterocycles. The van der Waals surface area contributed by atoms with Gasteiger partial charge in [-0.3, -0.25) is 4.68 Å². The quantitative estimate of drug-likeness (QED) is 0.845. The van der Waals surface area contributed by atoms with Gasteiger partial charge in [-0.05, 0) is 31.0 Å². The number of benzene rings is 1. The highest BCUT2D eigenvalue weighted by Crippen LogP contribution is 2.11. The zero-order chi connectivity index (χ0) is 13.0. The molecule has 0 saturated heterocycles. The summed E-state index contributed by atoms with van der Waals surface area (Å²) in [6.07, 6.45) is 4.83. The highest BCUT2D eigenvalue weighted by atomic mass is 16.3. The SMILES string of the molecule is C[C@@H](Cc1ccc(O)cc1)NCc1cnn(C)c1. The second-order valence-corrected chi connectivity index (χ2v) is 4.67. The van der Waals surface area contributed by atoms with Gasteiger partial charge in [0.25, 0.3) is 0 Å². The molecule has 2 aromatic rings. The smallest absolute Gasteiger partial charge is 0.115 e. The molecule has 0 spiro atoms. The van der Waals surface area contributed by atoms with Gasteiger partial charge in [0.2, 0.25) is 0 Å². The van der Waals surface area contributed by atoms with E-state index < -0.39 is 0 Å². The van der Waals surface area contributed by atoms with E-state index in [1.807, 2.05) is 36.3 Å². The van der Waals surface area contributed by atoms with E-state index in [4.69, 9.17) is 0 Å². The van der Waals surface area contributed by atoms with Gasteiger partial charge in [-0.1, -0.05) is 12.1 Å². The minimum Gasteiger partial charge on any atom is -0.508 e. The van der Waals surface area contributed by atoms with Crippen molar-refractivity contribution in [3.05, 3.63) is 47.8 Å². The van der Waals surface area contributed by atoms with Crippen LogP contribution < -0.4 is 5.32 Å². The van der Waals surface area contributed by atoms with Crippen LogP contribution in [0.1, 0.15) is 18.1 Å².